The van der Waals surface area contributed by atoms with Crippen molar-refractivity contribution in [3.8, 4) is 17.0 Å². The number of piperidine rings is 1. The third-order valence-corrected chi connectivity index (χ3v) is 5.49. The van der Waals surface area contributed by atoms with Gasteiger partial charge in [-0.3, -0.25) is 4.98 Å². The van der Waals surface area contributed by atoms with E-state index in [0.29, 0.717) is 23.8 Å². The van der Waals surface area contributed by atoms with Gasteiger partial charge in [-0.15, -0.1) is 24.8 Å². The maximum atomic E-state index is 13.7. The standard InChI is InChI=1S/C24H25F2N3O.2ClH/c1-30-23-4-2-21(3-5-23)29(22-7-9-27-10-8-22)16-17-6-11-28-24(12-17)18-13-19(25)15-20(26)14-18;;/h2-6,11-15,22,27H,7-10,16H2,1H3;2*1H. The molecule has 0 bridgehead atoms. The molecule has 1 N–H and O–H groups in total. The van der Waals surface area contributed by atoms with Crippen molar-refractivity contribution in [1.29, 1.82) is 0 Å². The molecule has 0 saturated carbocycles. The fourth-order valence-electron chi connectivity index (χ4n) is 3.95. The van der Waals surface area contributed by atoms with Gasteiger partial charge in [0.2, 0.25) is 0 Å². The Morgan fingerprint density at radius 3 is 2.25 bits per heavy atom. The topological polar surface area (TPSA) is 37.4 Å². The quantitative estimate of drug-likeness (QED) is 0.494. The molecule has 0 amide bonds. The summed E-state index contributed by atoms with van der Waals surface area (Å²) in [5.41, 5.74) is 3.16. The van der Waals surface area contributed by atoms with Gasteiger partial charge in [0.1, 0.15) is 17.4 Å². The van der Waals surface area contributed by atoms with Crippen LogP contribution in [0.3, 0.4) is 0 Å². The molecule has 1 aliphatic heterocycles. The molecule has 0 atom stereocenters. The Morgan fingerprint density at radius 2 is 1.62 bits per heavy atom. The monoisotopic (exact) mass is 481 g/mol. The van der Waals surface area contributed by atoms with Crippen LogP contribution in [0.5, 0.6) is 5.75 Å². The highest BCUT2D eigenvalue weighted by Gasteiger charge is 2.22. The minimum atomic E-state index is -0.605. The van der Waals surface area contributed by atoms with Crippen molar-refractivity contribution in [1.82, 2.24) is 10.3 Å². The summed E-state index contributed by atoms with van der Waals surface area (Å²) < 4.78 is 32.6. The Bertz CT molecular complexity index is 979. The van der Waals surface area contributed by atoms with Crippen molar-refractivity contribution >= 4 is 30.5 Å². The van der Waals surface area contributed by atoms with E-state index in [1.54, 1.807) is 13.3 Å². The number of nitrogens with zero attached hydrogens (tertiary/aromatic N) is 2. The molecule has 0 unspecified atom stereocenters. The summed E-state index contributed by atoms with van der Waals surface area (Å²) in [6.07, 6.45) is 3.81. The average Bonchev–Trinajstić information content (AvgIpc) is 2.78. The molecule has 1 fully saturated rings. The highest BCUT2D eigenvalue weighted by atomic mass is 35.5. The Hall–Kier alpha value is -2.41. The second kappa shape index (κ2) is 12.0. The SMILES string of the molecule is COc1ccc(N(Cc2ccnc(-c3cc(F)cc(F)c3)c2)C2CCNCC2)cc1.Cl.Cl. The Morgan fingerprint density at radius 1 is 0.969 bits per heavy atom. The Kier molecular flexibility index (Phi) is 9.69. The van der Waals surface area contributed by atoms with Gasteiger partial charge in [-0.05, 0) is 80.0 Å². The second-order valence-electron chi connectivity index (χ2n) is 7.51. The zero-order valence-corrected chi connectivity index (χ0v) is 19.4. The van der Waals surface area contributed by atoms with Crippen LogP contribution in [0.15, 0.2) is 60.8 Å². The van der Waals surface area contributed by atoms with E-state index in [1.807, 2.05) is 24.3 Å². The number of nitrogens with one attached hydrogen (secondary N) is 1. The molecule has 1 aromatic heterocycles. The number of benzene rings is 2. The van der Waals surface area contributed by atoms with Gasteiger partial charge >= 0.3 is 0 Å². The van der Waals surface area contributed by atoms with Crippen molar-refractivity contribution in [3.05, 3.63) is 78.0 Å². The highest BCUT2D eigenvalue weighted by Crippen LogP contribution is 2.28. The minimum Gasteiger partial charge on any atom is -0.497 e. The van der Waals surface area contributed by atoms with Gasteiger partial charge in [0.05, 0.1) is 12.8 Å². The predicted octanol–water partition coefficient (Wildman–Crippen LogP) is 5.64. The number of anilines is 1. The molecular formula is C24H27Cl2F2N3O. The molecule has 8 heteroatoms. The maximum Gasteiger partial charge on any atom is 0.126 e. The van der Waals surface area contributed by atoms with E-state index in [4.69, 9.17) is 4.74 Å². The molecule has 0 radical (unpaired) electrons. The molecular weight excluding hydrogens is 455 g/mol. The van der Waals surface area contributed by atoms with Crippen LogP contribution in [0.4, 0.5) is 14.5 Å². The summed E-state index contributed by atoms with van der Waals surface area (Å²) in [5, 5.41) is 3.42. The van der Waals surface area contributed by atoms with Crippen LogP contribution in [-0.4, -0.2) is 31.2 Å². The molecule has 2 aromatic carbocycles. The van der Waals surface area contributed by atoms with Gasteiger partial charge < -0.3 is 15.0 Å². The predicted molar refractivity (Wildman–Crippen MR) is 129 cm³/mol. The first kappa shape index (κ1) is 25.8. The normalized spacial score (nSPS) is 13.6. The van der Waals surface area contributed by atoms with Crippen LogP contribution in [0, 0.1) is 11.6 Å². The highest BCUT2D eigenvalue weighted by molar-refractivity contribution is 5.85. The number of hydrogen-bond donors (Lipinski definition) is 1. The molecule has 0 aliphatic carbocycles. The third-order valence-electron chi connectivity index (χ3n) is 5.49. The summed E-state index contributed by atoms with van der Waals surface area (Å²) in [6, 6.07) is 15.8. The summed E-state index contributed by atoms with van der Waals surface area (Å²) in [7, 11) is 1.66. The van der Waals surface area contributed by atoms with Crippen molar-refractivity contribution in [2.24, 2.45) is 0 Å². The van der Waals surface area contributed by atoms with Crippen LogP contribution in [0.2, 0.25) is 0 Å². The van der Waals surface area contributed by atoms with Crippen LogP contribution in [-0.2, 0) is 6.54 Å². The van der Waals surface area contributed by atoms with Crippen LogP contribution in [0.25, 0.3) is 11.3 Å². The molecule has 4 nitrogen and oxygen atoms in total. The fraction of sp³-hybridized carbons (Fsp3) is 0.292. The zero-order valence-electron chi connectivity index (χ0n) is 17.8. The summed E-state index contributed by atoms with van der Waals surface area (Å²) in [6.45, 7) is 2.66. The van der Waals surface area contributed by atoms with Gasteiger partial charge in [-0.1, -0.05) is 0 Å². The zero-order chi connectivity index (χ0) is 20.9. The first-order valence-corrected chi connectivity index (χ1v) is 10.2. The Labute approximate surface area is 199 Å². The van der Waals surface area contributed by atoms with Crippen LogP contribution in [0.1, 0.15) is 18.4 Å². The van der Waals surface area contributed by atoms with E-state index in [2.05, 4.69) is 27.3 Å². The van der Waals surface area contributed by atoms with Gasteiger partial charge in [-0.25, -0.2) is 8.78 Å². The van der Waals surface area contributed by atoms with Crippen LogP contribution >= 0.6 is 24.8 Å². The van der Waals surface area contributed by atoms with Crippen LogP contribution < -0.4 is 15.0 Å². The van der Waals surface area contributed by atoms with Crippen molar-refractivity contribution < 1.29 is 13.5 Å². The number of hydrogen-bond acceptors (Lipinski definition) is 4. The smallest absolute Gasteiger partial charge is 0.126 e. The van der Waals surface area contributed by atoms with Crippen molar-refractivity contribution in [2.75, 3.05) is 25.1 Å². The van der Waals surface area contributed by atoms with Gasteiger partial charge in [-0.2, -0.15) is 0 Å². The minimum absolute atomic E-state index is 0. The first-order valence-electron chi connectivity index (χ1n) is 10.2. The largest absolute Gasteiger partial charge is 0.497 e. The number of rotatable bonds is 6. The molecule has 172 valence electrons. The molecule has 2 heterocycles. The number of halogens is 4. The Balaban J connectivity index is 0.00000181. The van der Waals surface area contributed by atoms with Gasteiger partial charge in [0, 0.05) is 36.1 Å². The molecule has 1 aliphatic rings. The van der Waals surface area contributed by atoms with E-state index < -0.39 is 11.6 Å². The molecule has 3 aromatic rings. The maximum absolute atomic E-state index is 13.7. The lowest BCUT2D eigenvalue weighted by Gasteiger charge is -2.36. The molecule has 4 rings (SSSR count). The van der Waals surface area contributed by atoms with Gasteiger partial charge in [0.15, 0.2) is 0 Å². The lowest BCUT2D eigenvalue weighted by molar-refractivity contribution is 0.413. The fourth-order valence-corrected chi connectivity index (χ4v) is 3.95. The van der Waals surface area contributed by atoms with Gasteiger partial charge in [0.25, 0.3) is 0 Å². The van der Waals surface area contributed by atoms with E-state index >= 15 is 0 Å². The summed E-state index contributed by atoms with van der Waals surface area (Å²) in [5.74, 6) is -0.387. The van der Waals surface area contributed by atoms with E-state index in [1.165, 1.54) is 12.1 Å². The molecule has 0 spiro atoms. The summed E-state index contributed by atoms with van der Waals surface area (Å²) >= 11 is 0. The number of aromatic nitrogens is 1. The molecule has 32 heavy (non-hydrogen) atoms. The van der Waals surface area contributed by atoms with E-state index in [0.717, 1.165) is 49.0 Å². The lowest BCUT2D eigenvalue weighted by atomic mass is 10.0. The van der Waals surface area contributed by atoms with E-state index in [9.17, 15) is 8.78 Å². The summed E-state index contributed by atoms with van der Waals surface area (Å²) in [4.78, 5) is 6.72. The second-order valence-corrected chi connectivity index (χ2v) is 7.51. The number of ether oxygens (including phenoxy) is 1. The average molecular weight is 482 g/mol. The van der Waals surface area contributed by atoms with Crippen molar-refractivity contribution in [3.63, 3.8) is 0 Å². The van der Waals surface area contributed by atoms with E-state index in [-0.39, 0.29) is 24.8 Å². The molecule has 1 saturated heterocycles. The third kappa shape index (κ3) is 6.31. The first-order chi connectivity index (χ1) is 14.6. The van der Waals surface area contributed by atoms with Crippen molar-refractivity contribution in [2.45, 2.75) is 25.4 Å². The number of methoxy groups -OCH3 is 1. The number of pyridine rings is 1. The lowest BCUT2D eigenvalue weighted by Crippen LogP contribution is -2.43.